The smallest absolute Gasteiger partial charge is 0.128 e. The van der Waals surface area contributed by atoms with Crippen molar-refractivity contribution in [2.24, 2.45) is 0 Å². The van der Waals surface area contributed by atoms with E-state index in [1.54, 1.807) is 0 Å². The van der Waals surface area contributed by atoms with Crippen molar-refractivity contribution in [3.05, 3.63) is 71.3 Å². The van der Waals surface area contributed by atoms with Crippen LogP contribution in [0, 0.1) is 23.0 Å². The van der Waals surface area contributed by atoms with E-state index in [4.69, 9.17) is 5.26 Å². The molecule has 0 radical (unpaired) electrons. The normalized spacial score (nSPS) is 11.1. The molecule has 0 aromatic heterocycles. The van der Waals surface area contributed by atoms with E-state index in [9.17, 15) is 13.9 Å². The number of hydrogen-bond donors (Lipinski definition) is 1. The summed E-state index contributed by atoms with van der Waals surface area (Å²) in [6.45, 7) is 0. The van der Waals surface area contributed by atoms with Gasteiger partial charge in [0.05, 0.1) is 12.5 Å². The van der Waals surface area contributed by atoms with Gasteiger partial charge < -0.3 is 5.11 Å². The molecule has 0 aliphatic rings. The van der Waals surface area contributed by atoms with Gasteiger partial charge in [0, 0.05) is 0 Å². The first-order valence-corrected chi connectivity index (χ1v) is 5.68. The average molecular weight is 259 g/mol. The molecular weight excluding hydrogens is 248 g/mol. The molecule has 0 aliphatic carbocycles. The lowest BCUT2D eigenvalue weighted by molar-refractivity contribution is 0.0858. The number of rotatable bonds is 3. The molecule has 2 nitrogen and oxygen atoms in total. The van der Waals surface area contributed by atoms with Gasteiger partial charge in [-0.25, -0.2) is 8.78 Å². The molecule has 0 heterocycles. The minimum absolute atomic E-state index is 0.204. The van der Waals surface area contributed by atoms with E-state index in [0.717, 1.165) is 0 Å². The van der Waals surface area contributed by atoms with E-state index >= 15 is 0 Å². The fraction of sp³-hybridized carbons (Fsp3) is 0.133. The second-order valence-electron chi connectivity index (χ2n) is 4.21. The second-order valence-corrected chi connectivity index (χ2v) is 4.21. The Labute approximate surface area is 109 Å². The standard InChI is InChI=1S/C15H11F2NO/c16-13-5-1-11(2-6-13)15(19,9-10-18)12-3-7-14(17)8-4-12/h1-8,19H,9H2. The van der Waals surface area contributed by atoms with Crippen LogP contribution >= 0.6 is 0 Å². The number of hydrogen-bond acceptors (Lipinski definition) is 2. The van der Waals surface area contributed by atoms with Crippen molar-refractivity contribution in [1.82, 2.24) is 0 Å². The van der Waals surface area contributed by atoms with Gasteiger partial charge >= 0.3 is 0 Å². The predicted molar refractivity (Wildman–Crippen MR) is 66.0 cm³/mol. The first-order valence-electron chi connectivity index (χ1n) is 5.68. The van der Waals surface area contributed by atoms with Crippen molar-refractivity contribution < 1.29 is 13.9 Å². The van der Waals surface area contributed by atoms with Gasteiger partial charge in [0.2, 0.25) is 0 Å². The van der Waals surface area contributed by atoms with E-state index in [1.165, 1.54) is 48.5 Å². The topological polar surface area (TPSA) is 44.0 Å². The van der Waals surface area contributed by atoms with Gasteiger partial charge in [-0.15, -0.1) is 0 Å². The lowest BCUT2D eigenvalue weighted by Crippen LogP contribution is -2.26. The van der Waals surface area contributed by atoms with E-state index in [2.05, 4.69) is 0 Å². The van der Waals surface area contributed by atoms with E-state index < -0.39 is 17.2 Å². The van der Waals surface area contributed by atoms with Gasteiger partial charge in [0.15, 0.2) is 0 Å². The quantitative estimate of drug-likeness (QED) is 0.920. The van der Waals surface area contributed by atoms with Crippen LogP contribution in [-0.2, 0) is 5.60 Å². The summed E-state index contributed by atoms with van der Waals surface area (Å²) in [5.74, 6) is -0.857. The fourth-order valence-corrected chi connectivity index (χ4v) is 1.94. The number of benzene rings is 2. The molecule has 0 fully saturated rings. The Morgan fingerprint density at radius 3 is 1.58 bits per heavy atom. The number of halogens is 2. The van der Waals surface area contributed by atoms with Crippen molar-refractivity contribution in [3.8, 4) is 6.07 Å². The molecule has 0 bridgehead atoms. The monoisotopic (exact) mass is 259 g/mol. The van der Waals surface area contributed by atoms with Crippen LogP contribution in [-0.4, -0.2) is 5.11 Å². The van der Waals surface area contributed by atoms with Crippen LogP contribution in [0.2, 0.25) is 0 Å². The maximum atomic E-state index is 12.9. The molecule has 96 valence electrons. The summed E-state index contributed by atoms with van der Waals surface area (Å²) in [7, 11) is 0. The fourth-order valence-electron chi connectivity index (χ4n) is 1.94. The van der Waals surface area contributed by atoms with Crippen LogP contribution in [0.25, 0.3) is 0 Å². The van der Waals surface area contributed by atoms with Gasteiger partial charge in [-0.2, -0.15) is 5.26 Å². The Morgan fingerprint density at radius 2 is 1.26 bits per heavy atom. The van der Waals surface area contributed by atoms with Gasteiger partial charge in [-0.3, -0.25) is 0 Å². The maximum absolute atomic E-state index is 12.9. The Bertz CT molecular complexity index is 554. The molecule has 0 atom stereocenters. The molecule has 2 aromatic carbocycles. The van der Waals surface area contributed by atoms with Crippen LogP contribution in [0.4, 0.5) is 8.78 Å². The summed E-state index contributed by atoms with van der Waals surface area (Å²) in [5, 5.41) is 19.5. The molecule has 0 saturated heterocycles. The van der Waals surface area contributed by atoms with Gasteiger partial charge in [0.25, 0.3) is 0 Å². The van der Waals surface area contributed by atoms with E-state index in [-0.39, 0.29) is 6.42 Å². The Hall–Kier alpha value is -2.25. The molecule has 4 heteroatoms. The minimum Gasteiger partial charge on any atom is -0.379 e. The maximum Gasteiger partial charge on any atom is 0.128 e. The highest BCUT2D eigenvalue weighted by Crippen LogP contribution is 2.32. The molecule has 0 amide bonds. The highest BCUT2D eigenvalue weighted by molar-refractivity contribution is 5.37. The highest BCUT2D eigenvalue weighted by atomic mass is 19.1. The third kappa shape index (κ3) is 2.61. The Kier molecular flexibility index (Phi) is 3.59. The zero-order chi connectivity index (χ0) is 13.9. The number of nitrogens with zero attached hydrogens (tertiary/aromatic N) is 1. The largest absolute Gasteiger partial charge is 0.379 e. The van der Waals surface area contributed by atoms with Crippen LogP contribution in [0.3, 0.4) is 0 Å². The third-order valence-electron chi connectivity index (χ3n) is 2.98. The SMILES string of the molecule is N#CCC(O)(c1ccc(F)cc1)c1ccc(F)cc1. The molecule has 1 N–H and O–H groups in total. The first-order chi connectivity index (χ1) is 9.06. The van der Waals surface area contributed by atoms with Crippen molar-refractivity contribution >= 4 is 0 Å². The molecule has 2 rings (SSSR count). The van der Waals surface area contributed by atoms with Crippen molar-refractivity contribution in [2.75, 3.05) is 0 Å². The van der Waals surface area contributed by atoms with Crippen LogP contribution in [0.1, 0.15) is 17.5 Å². The van der Waals surface area contributed by atoms with E-state index in [1.807, 2.05) is 6.07 Å². The van der Waals surface area contributed by atoms with E-state index in [0.29, 0.717) is 11.1 Å². The van der Waals surface area contributed by atoms with Crippen molar-refractivity contribution in [3.63, 3.8) is 0 Å². The summed E-state index contributed by atoms with van der Waals surface area (Å²) >= 11 is 0. The molecule has 0 unspecified atom stereocenters. The summed E-state index contributed by atoms with van der Waals surface area (Å²) in [6, 6.07) is 12.4. The lowest BCUT2D eigenvalue weighted by atomic mass is 9.84. The molecule has 0 spiro atoms. The second kappa shape index (κ2) is 5.17. The number of nitriles is 1. The first kappa shape index (κ1) is 13.2. The molecular formula is C15H11F2NO. The minimum atomic E-state index is -1.57. The molecule has 0 aliphatic heterocycles. The van der Waals surface area contributed by atoms with Crippen LogP contribution < -0.4 is 0 Å². The van der Waals surface area contributed by atoms with Crippen molar-refractivity contribution in [2.45, 2.75) is 12.0 Å². The van der Waals surface area contributed by atoms with Gasteiger partial charge in [-0.1, -0.05) is 24.3 Å². The summed E-state index contributed by atoms with van der Waals surface area (Å²) in [4.78, 5) is 0. The zero-order valence-electron chi connectivity index (χ0n) is 9.98. The van der Waals surface area contributed by atoms with Crippen LogP contribution in [0.15, 0.2) is 48.5 Å². The van der Waals surface area contributed by atoms with Crippen molar-refractivity contribution in [1.29, 1.82) is 5.26 Å². The van der Waals surface area contributed by atoms with Crippen LogP contribution in [0.5, 0.6) is 0 Å². The zero-order valence-corrected chi connectivity index (χ0v) is 9.98. The average Bonchev–Trinajstić information content (AvgIpc) is 2.40. The summed E-state index contributed by atoms with van der Waals surface area (Å²) in [5.41, 5.74) is -0.792. The van der Waals surface area contributed by atoms with Gasteiger partial charge in [0.1, 0.15) is 17.2 Å². The molecule has 2 aromatic rings. The number of aliphatic hydroxyl groups is 1. The third-order valence-corrected chi connectivity index (χ3v) is 2.98. The molecule has 0 saturated carbocycles. The highest BCUT2D eigenvalue weighted by Gasteiger charge is 2.31. The predicted octanol–water partition coefficient (Wildman–Crippen LogP) is 3.11. The summed E-state index contributed by atoms with van der Waals surface area (Å²) < 4.78 is 25.8. The van der Waals surface area contributed by atoms with Gasteiger partial charge in [-0.05, 0) is 35.4 Å². The Balaban J connectivity index is 2.51. The Morgan fingerprint density at radius 1 is 0.895 bits per heavy atom. The lowest BCUT2D eigenvalue weighted by Gasteiger charge is -2.26. The summed E-state index contributed by atoms with van der Waals surface area (Å²) in [6.07, 6.45) is -0.204. The molecule has 19 heavy (non-hydrogen) atoms.